The molecule has 4 heteroatoms. The molecule has 2 atom stereocenters. The van der Waals surface area contributed by atoms with Gasteiger partial charge in [-0.1, -0.05) is 0 Å². The molecule has 19 heavy (non-hydrogen) atoms. The number of carbonyl (C=O) groups excluding carboxylic acids is 1. The van der Waals surface area contributed by atoms with E-state index in [1.807, 2.05) is 25.7 Å². The summed E-state index contributed by atoms with van der Waals surface area (Å²) in [5.74, 6) is 0.915. The maximum absolute atomic E-state index is 12.1. The van der Waals surface area contributed by atoms with Crippen LogP contribution in [-0.2, 0) is 4.79 Å². The molecule has 2 unspecified atom stereocenters. The van der Waals surface area contributed by atoms with Crippen molar-refractivity contribution in [2.24, 2.45) is 5.92 Å². The van der Waals surface area contributed by atoms with Crippen LogP contribution in [0.5, 0.6) is 0 Å². The number of hydrogen-bond acceptors (Lipinski definition) is 3. The van der Waals surface area contributed by atoms with Crippen LogP contribution >= 0.6 is 0 Å². The number of carbonyl (C=O) groups is 1. The zero-order valence-corrected chi connectivity index (χ0v) is 13.3. The Labute approximate surface area is 118 Å². The fourth-order valence-electron chi connectivity index (χ4n) is 2.74. The highest BCUT2D eigenvalue weighted by molar-refractivity contribution is 5.81. The van der Waals surface area contributed by atoms with Crippen LogP contribution in [0, 0.1) is 5.92 Å². The standard InChI is InChI=1S/C15H31N3O/c1-6-17(7-2)15(19)13(5)16-10-14-8-9-18(11-14)12(3)4/h12-14,16H,6-11H2,1-5H3. The zero-order chi connectivity index (χ0) is 14.4. The lowest BCUT2D eigenvalue weighted by molar-refractivity contribution is -0.132. The summed E-state index contributed by atoms with van der Waals surface area (Å²) in [5.41, 5.74) is 0. The fraction of sp³-hybridized carbons (Fsp3) is 0.933. The minimum Gasteiger partial charge on any atom is -0.342 e. The van der Waals surface area contributed by atoms with E-state index in [2.05, 4.69) is 24.1 Å². The quantitative estimate of drug-likeness (QED) is 0.762. The molecule has 0 saturated carbocycles. The van der Waals surface area contributed by atoms with Crippen molar-refractivity contribution in [3.05, 3.63) is 0 Å². The highest BCUT2D eigenvalue weighted by atomic mass is 16.2. The summed E-state index contributed by atoms with van der Waals surface area (Å²) in [7, 11) is 0. The Bertz CT molecular complexity index is 277. The lowest BCUT2D eigenvalue weighted by atomic mass is 10.1. The number of nitrogens with one attached hydrogen (secondary N) is 1. The van der Waals surface area contributed by atoms with Crippen molar-refractivity contribution in [1.82, 2.24) is 15.1 Å². The van der Waals surface area contributed by atoms with Crippen molar-refractivity contribution in [3.8, 4) is 0 Å². The lowest BCUT2D eigenvalue weighted by Gasteiger charge is -2.25. The van der Waals surface area contributed by atoms with Gasteiger partial charge in [0, 0.05) is 25.7 Å². The topological polar surface area (TPSA) is 35.6 Å². The molecule has 1 aliphatic heterocycles. The highest BCUT2D eigenvalue weighted by Gasteiger charge is 2.25. The van der Waals surface area contributed by atoms with Gasteiger partial charge in [-0.25, -0.2) is 0 Å². The Morgan fingerprint density at radius 2 is 1.95 bits per heavy atom. The third-order valence-electron chi connectivity index (χ3n) is 4.21. The molecule has 1 heterocycles. The van der Waals surface area contributed by atoms with Gasteiger partial charge < -0.3 is 15.1 Å². The third-order valence-corrected chi connectivity index (χ3v) is 4.21. The minimum atomic E-state index is -0.0620. The van der Waals surface area contributed by atoms with Crippen LogP contribution in [0.25, 0.3) is 0 Å². The molecule has 1 rings (SSSR count). The molecule has 0 aliphatic carbocycles. The normalized spacial score (nSPS) is 21.9. The van der Waals surface area contributed by atoms with Crippen LogP contribution < -0.4 is 5.32 Å². The molecular formula is C15H31N3O. The van der Waals surface area contributed by atoms with Crippen LogP contribution in [0.1, 0.15) is 41.0 Å². The van der Waals surface area contributed by atoms with Crippen LogP contribution in [-0.4, -0.2) is 60.5 Å². The van der Waals surface area contributed by atoms with Gasteiger partial charge in [0.1, 0.15) is 0 Å². The molecular weight excluding hydrogens is 238 g/mol. The molecule has 1 saturated heterocycles. The van der Waals surface area contributed by atoms with Gasteiger partial charge in [-0.2, -0.15) is 0 Å². The summed E-state index contributed by atoms with van der Waals surface area (Å²) in [6.45, 7) is 15.5. The molecule has 0 bridgehead atoms. The van der Waals surface area contributed by atoms with Crippen LogP contribution in [0.15, 0.2) is 0 Å². The molecule has 1 fully saturated rings. The summed E-state index contributed by atoms with van der Waals surface area (Å²) in [4.78, 5) is 16.5. The summed E-state index contributed by atoms with van der Waals surface area (Å²) in [6.07, 6.45) is 1.25. The lowest BCUT2D eigenvalue weighted by Crippen LogP contribution is -2.46. The molecule has 0 spiro atoms. The second-order valence-corrected chi connectivity index (χ2v) is 5.88. The van der Waals surface area contributed by atoms with E-state index in [-0.39, 0.29) is 11.9 Å². The molecule has 1 amide bonds. The summed E-state index contributed by atoms with van der Waals surface area (Å²) < 4.78 is 0. The molecule has 0 aromatic carbocycles. The molecule has 0 aromatic rings. The number of likely N-dealkylation sites (tertiary alicyclic amines) is 1. The van der Waals surface area contributed by atoms with Crippen LogP contribution in [0.2, 0.25) is 0 Å². The molecule has 4 nitrogen and oxygen atoms in total. The number of rotatable bonds is 7. The van der Waals surface area contributed by atoms with Crippen molar-refractivity contribution >= 4 is 5.91 Å². The van der Waals surface area contributed by atoms with E-state index in [0.29, 0.717) is 12.0 Å². The predicted octanol–water partition coefficient (Wildman–Crippen LogP) is 1.56. The Morgan fingerprint density at radius 1 is 1.32 bits per heavy atom. The smallest absolute Gasteiger partial charge is 0.239 e. The number of likely N-dealkylation sites (N-methyl/N-ethyl adjacent to an activating group) is 1. The first-order valence-electron chi connectivity index (χ1n) is 7.75. The van der Waals surface area contributed by atoms with Gasteiger partial charge in [0.2, 0.25) is 5.91 Å². The van der Waals surface area contributed by atoms with E-state index in [4.69, 9.17) is 0 Å². The maximum atomic E-state index is 12.1. The van der Waals surface area contributed by atoms with Gasteiger partial charge in [-0.05, 0) is 60.0 Å². The predicted molar refractivity (Wildman–Crippen MR) is 80.2 cm³/mol. The van der Waals surface area contributed by atoms with Crippen molar-refractivity contribution < 1.29 is 4.79 Å². The molecule has 0 aromatic heterocycles. The van der Waals surface area contributed by atoms with Crippen molar-refractivity contribution in [3.63, 3.8) is 0 Å². The first kappa shape index (κ1) is 16.4. The van der Waals surface area contributed by atoms with Gasteiger partial charge in [-0.15, -0.1) is 0 Å². The Morgan fingerprint density at radius 3 is 2.42 bits per heavy atom. The summed E-state index contributed by atoms with van der Waals surface area (Å²) in [5, 5.41) is 3.42. The van der Waals surface area contributed by atoms with E-state index < -0.39 is 0 Å². The van der Waals surface area contributed by atoms with Crippen molar-refractivity contribution in [2.75, 3.05) is 32.7 Å². The first-order valence-corrected chi connectivity index (χ1v) is 7.75. The Balaban J connectivity index is 2.31. The Hall–Kier alpha value is -0.610. The summed E-state index contributed by atoms with van der Waals surface area (Å²) >= 11 is 0. The van der Waals surface area contributed by atoms with E-state index in [1.165, 1.54) is 13.0 Å². The van der Waals surface area contributed by atoms with E-state index in [1.54, 1.807) is 0 Å². The minimum absolute atomic E-state index is 0.0620. The summed E-state index contributed by atoms with van der Waals surface area (Å²) in [6, 6.07) is 0.577. The van der Waals surface area contributed by atoms with Crippen LogP contribution in [0.3, 0.4) is 0 Å². The first-order chi connectivity index (χ1) is 8.99. The van der Waals surface area contributed by atoms with Gasteiger partial charge in [0.05, 0.1) is 6.04 Å². The van der Waals surface area contributed by atoms with Gasteiger partial charge >= 0.3 is 0 Å². The van der Waals surface area contributed by atoms with Crippen molar-refractivity contribution in [1.29, 1.82) is 0 Å². The van der Waals surface area contributed by atoms with E-state index >= 15 is 0 Å². The fourth-order valence-corrected chi connectivity index (χ4v) is 2.74. The number of nitrogens with zero attached hydrogens (tertiary/aromatic N) is 2. The Kier molecular flexibility index (Phi) is 6.80. The SMILES string of the molecule is CCN(CC)C(=O)C(C)NCC1CCN(C(C)C)C1. The highest BCUT2D eigenvalue weighted by Crippen LogP contribution is 2.17. The number of hydrogen-bond donors (Lipinski definition) is 1. The van der Waals surface area contributed by atoms with Gasteiger partial charge in [-0.3, -0.25) is 4.79 Å². The second kappa shape index (κ2) is 7.85. The monoisotopic (exact) mass is 269 g/mol. The largest absolute Gasteiger partial charge is 0.342 e. The third kappa shape index (κ3) is 4.77. The van der Waals surface area contributed by atoms with Crippen molar-refractivity contribution in [2.45, 2.75) is 53.1 Å². The van der Waals surface area contributed by atoms with Gasteiger partial charge in [0.15, 0.2) is 0 Å². The molecule has 1 N–H and O–H groups in total. The van der Waals surface area contributed by atoms with E-state index in [9.17, 15) is 4.79 Å². The molecule has 112 valence electrons. The maximum Gasteiger partial charge on any atom is 0.239 e. The number of amides is 1. The van der Waals surface area contributed by atoms with Crippen LogP contribution in [0.4, 0.5) is 0 Å². The molecule has 1 aliphatic rings. The van der Waals surface area contributed by atoms with E-state index in [0.717, 1.165) is 26.2 Å². The average Bonchev–Trinajstić information content (AvgIpc) is 2.86. The average molecular weight is 269 g/mol. The van der Waals surface area contributed by atoms with Gasteiger partial charge in [0.25, 0.3) is 0 Å². The zero-order valence-electron chi connectivity index (χ0n) is 13.3. The second-order valence-electron chi connectivity index (χ2n) is 5.88. The molecule has 0 radical (unpaired) electrons.